The van der Waals surface area contributed by atoms with Crippen LogP contribution in [-0.4, -0.2) is 37.0 Å². The Labute approximate surface area is 174 Å². The van der Waals surface area contributed by atoms with E-state index in [0.717, 1.165) is 38.6 Å². The SMILES string of the molecule is CC/C=C/C/C=C/C/C=C/CCCCCCCC(=O)NCCC1CCCN1C. The van der Waals surface area contributed by atoms with Gasteiger partial charge in [-0.1, -0.05) is 62.6 Å². The lowest BCUT2D eigenvalue weighted by molar-refractivity contribution is -0.121. The van der Waals surface area contributed by atoms with Crippen molar-refractivity contribution >= 4 is 5.91 Å². The molecule has 0 aromatic heterocycles. The summed E-state index contributed by atoms with van der Waals surface area (Å²) in [6, 6.07) is 0.674. The molecule has 0 radical (unpaired) electrons. The van der Waals surface area contributed by atoms with Crippen LogP contribution >= 0.6 is 0 Å². The van der Waals surface area contributed by atoms with E-state index < -0.39 is 0 Å². The number of nitrogens with zero attached hydrogens (tertiary/aromatic N) is 1. The number of rotatable bonds is 16. The van der Waals surface area contributed by atoms with Crippen LogP contribution in [0.1, 0.15) is 90.4 Å². The summed E-state index contributed by atoms with van der Waals surface area (Å²) in [7, 11) is 2.19. The van der Waals surface area contributed by atoms with Crippen LogP contribution in [0.25, 0.3) is 0 Å². The molecule has 0 spiro atoms. The van der Waals surface area contributed by atoms with Gasteiger partial charge in [0.2, 0.25) is 5.91 Å². The lowest BCUT2D eigenvalue weighted by Crippen LogP contribution is -2.31. The molecule has 1 aliphatic rings. The van der Waals surface area contributed by atoms with Crippen LogP contribution in [0.15, 0.2) is 36.5 Å². The van der Waals surface area contributed by atoms with E-state index >= 15 is 0 Å². The molecule has 1 N–H and O–H groups in total. The molecule has 0 aromatic rings. The summed E-state index contributed by atoms with van der Waals surface area (Å²) in [5, 5.41) is 3.10. The molecule has 1 rings (SSSR count). The first-order chi connectivity index (χ1) is 13.7. The predicted molar refractivity (Wildman–Crippen MR) is 123 cm³/mol. The van der Waals surface area contributed by atoms with E-state index in [1.165, 1.54) is 51.5 Å². The van der Waals surface area contributed by atoms with E-state index in [2.05, 4.69) is 60.6 Å². The Morgan fingerprint density at radius 2 is 1.64 bits per heavy atom. The molecule has 28 heavy (non-hydrogen) atoms. The molecule has 0 saturated carbocycles. The van der Waals surface area contributed by atoms with E-state index in [-0.39, 0.29) is 5.91 Å². The topological polar surface area (TPSA) is 32.3 Å². The van der Waals surface area contributed by atoms with Crippen molar-refractivity contribution in [1.82, 2.24) is 10.2 Å². The number of unbranched alkanes of at least 4 members (excludes halogenated alkanes) is 5. The third-order valence-electron chi connectivity index (χ3n) is 5.53. The zero-order valence-electron chi connectivity index (χ0n) is 18.5. The van der Waals surface area contributed by atoms with Gasteiger partial charge in [-0.3, -0.25) is 4.79 Å². The van der Waals surface area contributed by atoms with Gasteiger partial charge in [0.1, 0.15) is 0 Å². The van der Waals surface area contributed by atoms with Crippen molar-refractivity contribution in [3.63, 3.8) is 0 Å². The zero-order valence-corrected chi connectivity index (χ0v) is 18.5. The Bertz CT molecular complexity index is 467. The first kappa shape index (κ1) is 24.7. The minimum atomic E-state index is 0.238. The molecule has 0 aliphatic carbocycles. The summed E-state index contributed by atoms with van der Waals surface area (Å²) in [4.78, 5) is 14.3. The van der Waals surface area contributed by atoms with Gasteiger partial charge in [-0.05, 0) is 71.4 Å². The molecule has 0 bridgehead atoms. The third-order valence-corrected chi connectivity index (χ3v) is 5.53. The second kappa shape index (κ2) is 17.7. The lowest BCUT2D eigenvalue weighted by Gasteiger charge is -2.19. The second-order valence-electron chi connectivity index (χ2n) is 8.02. The summed E-state index contributed by atoms with van der Waals surface area (Å²) >= 11 is 0. The fourth-order valence-corrected chi connectivity index (χ4v) is 3.72. The quantitative estimate of drug-likeness (QED) is 0.253. The molecule has 160 valence electrons. The molecule has 3 nitrogen and oxygen atoms in total. The van der Waals surface area contributed by atoms with Gasteiger partial charge in [-0.15, -0.1) is 0 Å². The van der Waals surface area contributed by atoms with Gasteiger partial charge in [0, 0.05) is 19.0 Å². The van der Waals surface area contributed by atoms with Gasteiger partial charge in [-0.25, -0.2) is 0 Å². The first-order valence-corrected chi connectivity index (χ1v) is 11.7. The number of carbonyl (C=O) groups excluding carboxylic acids is 1. The van der Waals surface area contributed by atoms with Crippen LogP contribution in [0.5, 0.6) is 0 Å². The van der Waals surface area contributed by atoms with Crippen molar-refractivity contribution in [1.29, 1.82) is 0 Å². The molecule has 1 saturated heterocycles. The van der Waals surface area contributed by atoms with Crippen LogP contribution in [-0.2, 0) is 4.79 Å². The van der Waals surface area contributed by atoms with Crippen LogP contribution < -0.4 is 5.32 Å². The van der Waals surface area contributed by atoms with E-state index in [1.54, 1.807) is 0 Å². The maximum atomic E-state index is 11.9. The van der Waals surface area contributed by atoms with Crippen molar-refractivity contribution in [2.75, 3.05) is 20.1 Å². The molecule has 1 unspecified atom stereocenters. The summed E-state index contributed by atoms with van der Waals surface area (Å²) < 4.78 is 0. The average Bonchev–Trinajstić information content (AvgIpc) is 3.10. The van der Waals surface area contributed by atoms with Crippen molar-refractivity contribution in [2.24, 2.45) is 0 Å². The molecule has 1 amide bonds. The molecule has 0 aromatic carbocycles. The number of likely N-dealkylation sites (tertiary alicyclic amines) is 1. The van der Waals surface area contributed by atoms with Crippen molar-refractivity contribution in [3.05, 3.63) is 36.5 Å². The van der Waals surface area contributed by atoms with Crippen molar-refractivity contribution in [2.45, 2.75) is 96.4 Å². The highest BCUT2D eigenvalue weighted by atomic mass is 16.1. The number of carbonyl (C=O) groups is 1. The van der Waals surface area contributed by atoms with Crippen LogP contribution in [0.3, 0.4) is 0 Å². The number of hydrogen-bond acceptors (Lipinski definition) is 2. The van der Waals surface area contributed by atoms with Gasteiger partial charge in [0.15, 0.2) is 0 Å². The molecular weight excluding hydrogens is 344 g/mol. The molecule has 1 atom stereocenters. The zero-order chi connectivity index (χ0) is 20.3. The summed E-state index contributed by atoms with van der Waals surface area (Å²) in [6.45, 7) is 4.21. The normalized spacial score (nSPS) is 18.1. The third kappa shape index (κ3) is 13.8. The predicted octanol–water partition coefficient (Wildman–Crippen LogP) is 6.18. The highest BCUT2D eigenvalue weighted by Crippen LogP contribution is 2.17. The number of nitrogens with one attached hydrogen (secondary N) is 1. The van der Waals surface area contributed by atoms with Crippen LogP contribution in [0, 0.1) is 0 Å². The Balaban J connectivity index is 1.83. The summed E-state index contributed by atoms with van der Waals surface area (Å²) in [5.41, 5.74) is 0. The first-order valence-electron chi connectivity index (χ1n) is 11.7. The monoisotopic (exact) mass is 388 g/mol. The molecule has 3 heteroatoms. The van der Waals surface area contributed by atoms with E-state index in [1.807, 2.05) is 0 Å². The van der Waals surface area contributed by atoms with E-state index in [4.69, 9.17) is 0 Å². The van der Waals surface area contributed by atoms with Gasteiger partial charge in [0.25, 0.3) is 0 Å². The smallest absolute Gasteiger partial charge is 0.219 e. The fourth-order valence-electron chi connectivity index (χ4n) is 3.72. The van der Waals surface area contributed by atoms with Crippen molar-refractivity contribution in [3.8, 4) is 0 Å². The molecule has 1 aliphatic heterocycles. The van der Waals surface area contributed by atoms with Gasteiger partial charge in [-0.2, -0.15) is 0 Å². The second-order valence-corrected chi connectivity index (χ2v) is 8.02. The Morgan fingerprint density at radius 1 is 0.964 bits per heavy atom. The minimum Gasteiger partial charge on any atom is -0.356 e. The maximum Gasteiger partial charge on any atom is 0.219 e. The van der Waals surface area contributed by atoms with Crippen LogP contribution in [0.2, 0.25) is 0 Å². The molecular formula is C25H44N2O. The minimum absolute atomic E-state index is 0.238. The van der Waals surface area contributed by atoms with E-state index in [0.29, 0.717) is 12.5 Å². The van der Waals surface area contributed by atoms with E-state index in [9.17, 15) is 4.79 Å². The maximum absolute atomic E-state index is 11.9. The Hall–Kier alpha value is -1.35. The summed E-state index contributed by atoms with van der Waals surface area (Å²) in [6.07, 6.45) is 28.3. The number of hydrogen-bond donors (Lipinski definition) is 1. The van der Waals surface area contributed by atoms with Gasteiger partial charge >= 0.3 is 0 Å². The largest absolute Gasteiger partial charge is 0.356 e. The number of amides is 1. The summed E-state index contributed by atoms with van der Waals surface area (Å²) in [5.74, 6) is 0.238. The Morgan fingerprint density at radius 3 is 2.36 bits per heavy atom. The lowest BCUT2D eigenvalue weighted by atomic mass is 10.1. The fraction of sp³-hybridized carbons (Fsp3) is 0.720. The van der Waals surface area contributed by atoms with Gasteiger partial charge < -0.3 is 10.2 Å². The van der Waals surface area contributed by atoms with Gasteiger partial charge in [0.05, 0.1) is 0 Å². The Kier molecular flexibility index (Phi) is 15.6. The van der Waals surface area contributed by atoms with Crippen LogP contribution in [0.4, 0.5) is 0 Å². The standard InChI is InChI=1S/C25H44N2O/c1-3-4-5-6-7-8-9-10-11-12-13-14-15-16-17-20-25(28)26-22-21-24-19-18-23-27(24)2/h4-5,7-8,10-11,24H,3,6,9,12-23H2,1-2H3,(H,26,28)/b5-4+,8-7+,11-10+. The average molecular weight is 389 g/mol. The molecule has 1 fully saturated rings. The number of allylic oxidation sites excluding steroid dienone is 6. The van der Waals surface area contributed by atoms with Crippen molar-refractivity contribution < 1.29 is 4.79 Å². The highest BCUT2D eigenvalue weighted by Gasteiger charge is 2.20. The highest BCUT2D eigenvalue weighted by molar-refractivity contribution is 5.75. The molecule has 1 heterocycles.